The number of ether oxygens (including phenoxy) is 2. The Kier molecular flexibility index (Phi) is 120. The van der Waals surface area contributed by atoms with Gasteiger partial charge in [-0.1, -0.05) is 37.1 Å². The average molecular weight is 198 g/mol. The summed E-state index contributed by atoms with van der Waals surface area (Å²) in [7, 11) is 0. The highest BCUT2D eigenvalue weighted by Crippen LogP contribution is 1.75. The first kappa shape index (κ1) is 38.3. The quantitative estimate of drug-likeness (QED) is 0.615. The number of rotatable bonds is 5. The van der Waals surface area contributed by atoms with Crippen molar-refractivity contribution >= 4 is 0 Å². The molecule has 0 saturated heterocycles. The van der Waals surface area contributed by atoms with Crippen molar-refractivity contribution < 1.29 is 9.47 Å². The Balaban J connectivity index is -0.0000000245. The van der Waals surface area contributed by atoms with Crippen LogP contribution < -0.4 is 0 Å². The number of hydrogen-bond donors (Lipinski definition) is 0. The molecule has 0 rings (SSSR count). The molecule has 0 heterocycles. The summed E-state index contributed by atoms with van der Waals surface area (Å²) in [6, 6.07) is 0. The molecule has 0 unspecified atom stereocenters. The lowest BCUT2D eigenvalue weighted by Gasteiger charge is -1.99. The van der Waals surface area contributed by atoms with Gasteiger partial charge < -0.3 is 9.47 Å². The molecule has 2 heteroatoms. The molecule has 0 aromatic heterocycles. The fourth-order valence-electron chi connectivity index (χ4n) is 0.407. The highest BCUT2D eigenvalue weighted by molar-refractivity contribution is 4.24. The van der Waals surface area contributed by atoms with E-state index in [9.17, 15) is 0 Å². The van der Waals surface area contributed by atoms with Gasteiger partial charge in [-0.15, -0.1) is 0 Å². The summed E-state index contributed by atoms with van der Waals surface area (Å²) in [6.45, 7) is 6.98. The lowest BCUT2D eigenvalue weighted by molar-refractivity contribution is 0.0584. The molecular weight excluding hydrogens is 164 g/mol. The van der Waals surface area contributed by atoms with Crippen LogP contribution in [0.25, 0.3) is 0 Å². The van der Waals surface area contributed by atoms with Crippen LogP contribution in [0.4, 0.5) is 0 Å². The Bertz CT molecular complexity index is 33.1. The lowest BCUT2D eigenvalue weighted by atomic mass is 10.7. The van der Waals surface area contributed by atoms with E-state index in [1.807, 2.05) is 13.8 Å². The molecule has 0 saturated carbocycles. The molecule has 13 heavy (non-hydrogen) atoms. The van der Waals surface area contributed by atoms with E-state index in [2.05, 4.69) is 0 Å². The topological polar surface area (TPSA) is 18.5 Å². The minimum Gasteiger partial charge on any atom is -0.379 e. The molecule has 0 aromatic rings. The van der Waals surface area contributed by atoms with Crippen LogP contribution in [-0.2, 0) is 9.47 Å². The largest absolute Gasteiger partial charge is 0.379 e. The zero-order valence-corrected chi connectivity index (χ0v) is 5.64. The van der Waals surface area contributed by atoms with E-state index in [-0.39, 0.29) is 37.1 Å². The molecule has 0 atom stereocenters. The minimum absolute atomic E-state index is 0. The first-order chi connectivity index (χ1) is 3.91. The first-order valence-corrected chi connectivity index (χ1v) is 3.07. The zero-order valence-electron chi connectivity index (χ0n) is 5.64. The smallest absolute Gasteiger partial charge is 0.0700 e. The molecule has 0 spiro atoms. The van der Waals surface area contributed by atoms with Crippen LogP contribution >= 0.6 is 0 Å². The summed E-state index contributed by atoms with van der Waals surface area (Å²) in [5.41, 5.74) is 0. The Morgan fingerprint density at radius 3 is 1.00 bits per heavy atom. The average Bonchev–Trinajstić information content (AvgIpc) is 1.81. The van der Waals surface area contributed by atoms with Crippen LogP contribution in [-0.4, -0.2) is 26.4 Å². The lowest BCUT2D eigenvalue weighted by Crippen LogP contribution is -2.02. The van der Waals surface area contributed by atoms with Crippen LogP contribution in [0.5, 0.6) is 0 Å². The fourth-order valence-corrected chi connectivity index (χ4v) is 0.407. The highest BCUT2D eigenvalue weighted by Gasteiger charge is 1.81. The second-order valence-electron chi connectivity index (χ2n) is 1.39. The van der Waals surface area contributed by atoms with Gasteiger partial charge in [-0.3, -0.25) is 0 Å². The third-order valence-electron chi connectivity index (χ3n) is 0.780. The molecule has 0 aromatic carbocycles. The first-order valence-electron chi connectivity index (χ1n) is 3.07. The van der Waals surface area contributed by atoms with E-state index >= 15 is 0 Å². The third-order valence-corrected chi connectivity index (χ3v) is 0.780. The van der Waals surface area contributed by atoms with Gasteiger partial charge in [-0.2, -0.15) is 0 Å². The fraction of sp³-hybridized carbons (Fsp3) is 1.00. The maximum Gasteiger partial charge on any atom is 0.0700 e. The van der Waals surface area contributed by atoms with Gasteiger partial charge in [-0.25, -0.2) is 0 Å². The SMILES string of the molecule is C.C.C.C.C.CCOCCOCC. The summed E-state index contributed by atoms with van der Waals surface area (Å²) >= 11 is 0. The van der Waals surface area contributed by atoms with Gasteiger partial charge in [0.05, 0.1) is 13.2 Å². The summed E-state index contributed by atoms with van der Waals surface area (Å²) in [4.78, 5) is 0. The minimum atomic E-state index is 0. The van der Waals surface area contributed by atoms with Crippen LogP contribution in [0.2, 0.25) is 0 Å². The van der Waals surface area contributed by atoms with Crippen molar-refractivity contribution in [3.8, 4) is 0 Å². The van der Waals surface area contributed by atoms with Crippen molar-refractivity contribution in [2.24, 2.45) is 0 Å². The van der Waals surface area contributed by atoms with Gasteiger partial charge >= 0.3 is 0 Å². The van der Waals surface area contributed by atoms with Gasteiger partial charge in [0, 0.05) is 13.2 Å². The standard InChI is InChI=1S/C6H14O2.5CH4/c1-3-7-5-6-8-4-2;;;;;/h3-6H2,1-2H3;5*1H4. The number of hydrogen-bond acceptors (Lipinski definition) is 2. The van der Waals surface area contributed by atoms with Crippen LogP contribution in [0.15, 0.2) is 0 Å². The molecule has 0 amide bonds. The molecule has 2 nitrogen and oxygen atoms in total. The van der Waals surface area contributed by atoms with Crippen molar-refractivity contribution in [3.05, 3.63) is 0 Å². The van der Waals surface area contributed by atoms with E-state index in [0.29, 0.717) is 0 Å². The molecule has 90 valence electrons. The second kappa shape index (κ2) is 40.6. The predicted octanol–water partition coefficient (Wildman–Crippen LogP) is 4.24. The van der Waals surface area contributed by atoms with Crippen LogP contribution in [0.1, 0.15) is 51.0 Å². The van der Waals surface area contributed by atoms with Gasteiger partial charge in [0.2, 0.25) is 0 Å². The maximum absolute atomic E-state index is 5.01. The van der Waals surface area contributed by atoms with Crippen LogP contribution in [0, 0.1) is 0 Å². The Hall–Kier alpha value is -0.0800. The van der Waals surface area contributed by atoms with Crippen LogP contribution in [0.3, 0.4) is 0 Å². The molecule has 0 bridgehead atoms. The Labute approximate surface area is 87.6 Å². The highest BCUT2D eigenvalue weighted by atomic mass is 16.5. The van der Waals surface area contributed by atoms with Crippen molar-refractivity contribution in [2.45, 2.75) is 51.0 Å². The summed E-state index contributed by atoms with van der Waals surface area (Å²) in [5, 5.41) is 0. The van der Waals surface area contributed by atoms with Crippen molar-refractivity contribution in [2.75, 3.05) is 26.4 Å². The van der Waals surface area contributed by atoms with E-state index in [1.165, 1.54) is 0 Å². The monoisotopic (exact) mass is 198 g/mol. The second-order valence-corrected chi connectivity index (χ2v) is 1.39. The molecular formula is C11H34O2. The normalized spacial score (nSPS) is 6.00. The van der Waals surface area contributed by atoms with Crippen molar-refractivity contribution in [1.82, 2.24) is 0 Å². The van der Waals surface area contributed by atoms with Gasteiger partial charge in [0.1, 0.15) is 0 Å². The van der Waals surface area contributed by atoms with E-state index in [1.54, 1.807) is 0 Å². The van der Waals surface area contributed by atoms with Gasteiger partial charge in [-0.05, 0) is 13.8 Å². The predicted molar refractivity (Wildman–Crippen MR) is 66.6 cm³/mol. The maximum atomic E-state index is 5.01. The Morgan fingerprint density at radius 2 is 0.846 bits per heavy atom. The van der Waals surface area contributed by atoms with Gasteiger partial charge in [0.15, 0.2) is 0 Å². The van der Waals surface area contributed by atoms with Crippen molar-refractivity contribution in [1.29, 1.82) is 0 Å². The molecule has 0 aliphatic rings. The van der Waals surface area contributed by atoms with Crippen molar-refractivity contribution in [3.63, 3.8) is 0 Å². The third kappa shape index (κ3) is 48.5. The van der Waals surface area contributed by atoms with E-state index in [4.69, 9.17) is 9.47 Å². The summed E-state index contributed by atoms with van der Waals surface area (Å²) < 4.78 is 10.0. The summed E-state index contributed by atoms with van der Waals surface area (Å²) in [6.07, 6.45) is 0. The molecule has 0 fully saturated rings. The van der Waals surface area contributed by atoms with Gasteiger partial charge in [0.25, 0.3) is 0 Å². The molecule has 0 N–H and O–H groups in total. The molecule has 0 aliphatic carbocycles. The molecule has 0 radical (unpaired) electrons. The summed E-state index contributed by atoms with van der Waals surface area (Å²) in [5.74, 6) is 0. The molecule has 0 aliphatic heterocycles. The van der Waals surface area contributed by atoms with E-state index in [0.717, 1.165) is 26.4 Å². The zero-order chi connectivity index (χ0) is 6.24. The van der Waals surface area contributed by atoms with E-state index < -0.39 is 0 Å². The Morgan fingerprint density at radius 1 is 0.615 bits per heavy atom.